The SMILES string of the molecule is C=CC[C@@H]1O[C@H](COCc2ccccc2)[C@@H](OCc2ccccc2)[C@H](OCc2ccccc2)[C@H]1OS(=O)(=O)C(F)(F)F. The molecule has 0 spiro atoms. The Labute approximate surface area is 243 Å². The fraction of sp³-hybridized carbons (Fsp3) is 0.355. The summed E-state index contributed by atoms with van der Waals surface area (Å²) in [6.07, 6.45) is -4.61. The van der Waals surface area contributed by atoms with Gasteiger partial charge in [-0.1, -0.05) is 97.1 Å². The van der Waals surface area contributed by atoms with E-state index in [1.165, 1.54) is 6.08 Å². The quantitative estimate of drug-likeness (QED) is 0.127. The van der Waals surface area contributed by atoms with Crippen LogP contribution in [0.5, 0.6) is 0 Å². The molecule has 1 saturated heterocycles. The molecule has 3 aromatic carbocycles. The third-order valence-corrected chi connectivity index (χ3v) is 7.66. The van der Waals surface area contributed by atoms with E-state index in [0.29, 0.717) is 0 Å². The number of hydrogen-bond acceptors (Lipinski definition) is 7. The van der Waals surface area contributed by atoms with Gasteiger partial charge in [0.2, 0.25) is 0 Å². The van der Waals surface area contributed by atoms with E-state index in [9.17, 15) is 21.6 Å². The van der Waals surface area contributed by atoms with Crippen LogP contribution < -0.4 is 0 Å². The van der Waals surface area contributed by atoms with Gasteiger partial charge in [0.05, 0.1) is 32.5 Å². The van der Waals surface area contributed by atoms with Crippen LogP contribution in [-0.2, 0) is 53.1 Å². The molecule has 0 N–H and O–H groups in total. The van der Waals surface area contributed by atoms with Crippen molar-refractivity contribution in [2.75, 3.05) is 6.61 Å². The van der Waals surface area contributed by atoms with Crippen molar-refractivity contribution in [2.24, 2.45) is 0 Å². The Hall–Kier alpha value is -3.06. The van der Waals surface area contributed by atoms with Crippen LogP contribution in [-0.4, -0.2) is 51.1 Å². The lowest BCUT2D eigenvalue weighted by atomic mass is 9.93. The molecule has 7 nitrogen and oxygen atoms in total. The molecule has 1 aliphatic heterocycles. The molecule has 1 heterocycles. The summed E-state index contributed by atoms with van der Waals surface area (Å²) in [5.41, 5.74) is -3.23. The Morgan fingerprint density at radius 3 is 1.67 bits per heavy atom. The van der Waals surface area contributed by atoms with E-state index in [1.54, 1.807) is 24.3 Å². The number of rotatable bonds is 14. The number of ether oxygens (including phenoxy) is 4. The summed E-state index contributed by atoms with van der Waals surface area (Å²) < 4.78 is 94.3. The van der Waals surface area contributed by atoms with E-state index in [4.69, 9.17) is 23.1 Å². The van der Waals surface area contributed by atoms with Crippen molar-refractivity contribution in [3.63, 3.8) is 0 Å². The van der Waals surface area contributed by atoms with Crippen LogP contribution in [0.4, 0.5) is 13.2 Å². The van der Waals surface area contributed by atoms with E-state index >= 15 is 0 Å². The molecule has 5 atom stereocenters. The average Bonchev–Trinajstić information content (AvgIpc) is 2.98. The fourth-order valence-corrected chi connectivity index (χ4v) is 5.22. The zero-order valence-electron chi connectivity index (χ0n) is 22.8. The van der Waals surface area contributed by atoms with E-state index < -0.39 is 46.1 Å². The van der Waals surface area contributed by atoms with Crippen LogP contribution in [0.15, 0.2) is 104 Å². The normalized spacial score (nSPS) is 23.0. The van der Waals surface area contributed by atoms with Crippen molar-refractivity contribution in [3.8, 4) is 0 Å². The average molecular weight is 607 g/mol. The standard InChI is InChI=1S/C31H33F3O7S/c1-2-12-26-29(41-42(35,36)31(32,33)34)30(39-21-25-17-10-5-11-18-25)28(38-20-24-15-8-4-9-16-24)27(40-26)22-37-19-23-13-6-3-7-14-23/h2-11,13-18,26-30H,1,12,19-22H2/t26-,27+,28+,29-,30-/m0/s1. The summed E-state index contributed by atoms with van der Waals surface area (Å²) in [5, 5.41) is 0. The lowest BCUT2D eigenvalue weighted by Crippen LogP contribution is -2.61. The highest BCUT2D eigenvalue weighted by Crippen LogP contribution is 2.35. The second kappa shape index (κ2) is 14.9. The van der Waals surface area contributed by atoms with E-state index in [2.05, 4.69) is 6.58 Å². The topological polar surface area (TPSA) is 80.3 Å². The molecule has 1 fully saturated rings. The number of benzene rings is 3. The van der Waals surface area contributed by atoms with E-state index in [1.807, 2.05) is 66.7 Å². The molecule has 1 aliphatic rings. The summed E-state index contributed by atoms with van der Waals surface area (Å²) >= 11 is 0. The van der Waals surface area contributed by atoms with Crippen molar-refractivity contribution in [1.29, 1.82) is 0 Å². The Kier molecular flexibility index (Phi) is 11.3. The van der Waals surface area contributed by atoms with Crippen LogP contribution in [0.25, 0.3) is 0 Å². The fourth-order valence-electron chi connectivity index (χ4n) is 4.59. The van der Waals surface area contributed by atoms with Gasteiger partial charge in [0, 0.05) is 0 Å². The number of hydrogen-bond donors (Lipinski definition) is 0. The number of alkyl halides is 3. The second-order valence-electron chi connectivity index (χ2n) is 9.72. The van der Waals surface area contributed by atoms with E-state index in [0.717, 1.165) is 16.7 Å². The summed E-state index contributed by atoms with van der Waals surface area (Å²) in [4.78, 5) is 0. The van der Waals surface area contributed by atoms with Gasteiger partial charge in [0.25, 0.3) is 0 Å². The summed E-state index contributed by atoms with van der Waals surface area (Å²) in [5.74, 6) is 0. The Morgan fingerprint density at radius 1 is 0.714 bits per heavy atom. The molecular formula is C31H33F3O7S. The highest BCUT2D eigenvalue weighted by atomic mass is 32.2. The molecule has 0 saturated carbocycles. The molecule has 0 amide bonds. The van der Waals surface area contributed by atoms with Gasteiger partial charge in [-0.05, 0) is 23.1 Å². The highest BCUT2D eigenvalue weighted by molar-refractivity contribution is 7.87. The van der Waals surface area contributed by atoms with Crippen LogP contribution in [0.2, 0.25) is 0 Å². The van der Waals surface area contributed by atoms with Crippen molar-refractivity contribution < 1.29 is 44.7 Å². The predicted octanol–water partition coefficient (Wildman–Crippen LogP) is 5.95. The zero-order chi connectivity index (χ0) is 30.0. The van der Waals surface area contributed by atoms with Crippen molar-refractivity contribution in [3.05, 3.63) is 120 Å². The molecule has 11 heteroatoms. The summed E-state index contributed by atoms with van der Waals surface area (Å²) in [7, 11) is -6.01. The lowest BCUT2D eigenvalue weighted by Gasteiger charge is -2.45. The van der Waals surface area contributed by atoms with Crippen molar-refractivity contribution in [1.82, 2.24) is 0 Å². The first-order valence-corrected chi connectivity index (χ1v) is 14.8. The van der Waals surface area contributed by atoms with Crippen LogP contribution in [0.3, 0.4) is 0 Å². The summed E-state index contributed by atoms with van der Waals surface area (Å²) in [6.45, 7) is 3.92. The second-order valence-corrected chi connectivity index (χ2v) is 11.3. The molecular weight excluding hydrogens is 573 g/mol. The first kappa shape index (κ1) is 31.9. The Bertz CT molecular complexity index is 1340. The summed E-state index contributed by atoms with van der Waals surface area (Å²) in [6, 6.07) is 27.5. The lowest BCUT2D eigenvalue weighted by molar-refractivity contribution is -0.255. The third kappa shape index (κ3) is 8.73. The Morgan fingerprint density at radius 2 is 1.19 bits per heavy atom. The van der Waals surface area contributed by atoms with Gasteiger partial charge in [-0.2, -0.15) is 21.6 Å². The first-order chi connectivity index (χ1) is 20.2. The van der Waals surface area contributed by atoms with Gasteiger partial charge in [-0.25, -0.2) is 0 Å². The zero-order valence-corrected chi connectivity index (χ0v) is 23.6. The molecule has 0 bridgehead atoms. The molecule has 42 heavy (non-hydrogen) atoms. The molecule has 226 valence electrons. The van der Waals surface area contributed by atoms with Gasteiger partial charge in [0.1, 0.15) is 24.4 Å². The maximum atomic E-state index is 13.5. The van der Waals surface area contributed by atoms with Gasteiger partial charge in [0.15, 0.2) is 0 Å². The third-order valence-electron chi connectivity index (χ3n) is 6.61. The van der Waals surface area contributed by atoms with Gasteiger partial charge in [-0.15, -0.1) is 6.58 Å². The van der Waals surface area contributed by atoms with Crippen LogP contribution in [0, 0.1) is 0 Å². The predicted molar refractivity (Wildman–Crippen MR) is 149 cm³/mol. The molecule has 0 aromatic heterocycles. The molecule has 0 radical (unpaired) electrons. The van der Waals surface area contributed by atoms with Crippen LogP contribution >= 0.6 is 0 Å². The van der Waals surface area contributed by atoms with E-state index in [-0.39, 0.29) is 32.8 Å². The minimum absolute atomic E-state index is 0.00800. The largest absolute Gasteiger partial charge is 0.523 e. The minimum atomic E-state index is -6.01. The first-order valence-electron chi connectivity index (χ1n) is 13.4. The van der Waals surface area contributed by atoms with Gasteiger partial charge >= 0.3 is 15.6 Å². The van der Waals surface area contributed by atoms with Crippen molar-refractivity contribution >= 4 is 10.1 Å². The molecule has 4 rings (SSSR count). The molecule has 3 aromatic rings. The monoisotopic (exact) mass is 606 g/mol. The smallest absolute Gasteiger partial charge is 0.374 e. The molecule has 0 aliphatic carbocycles. The molecule has 0 unspecified atom stereocenters. The number of halogens is 3. The van der Waals surface area contributed by atoms with Gasteiger partial charge in [-0.3, -0.25) is 4.18 Å². The van der Waals surface area contributed by atoms with Gasteiger partial charge < -0.3 is 18.9 Å². The highest BCUT2D eigenvalue weighted by Gasteiger charge is 2.55. The maximum absolute atomic E-state index is 13.5. The minimum Gasteiger partial charge on any atom is -0.374 e. The maximum Gasteiger partial charge on any atom is 0.523 e. The van der Waals surface area contributed by atoms with Crippen LogP contribution in [0.1, 0.15) is 23.1 Å². The Balaban J connectivity index is 1.66. The van der Waals surface area contributed by atoms with Crippen molar-refractivity contribution in [2.45, 2.75) is 62.3 Å².